The highest BCUT2D eigenvalue weighted by molar-refractivity contribution is 5.70. The van der Waals surface area contributed by atoms with Crippen LogP contribution in [-0.4, -0.2) is 22.1 Å². The molecule has 4 nitrogen and oxygen atoms in total. The van der Waals surface area contributed by atoms with Gasteiger partial charge in [-0.15, -0.1) is 0 Å². The Morgan fingerprint density at radius 3 is 2.74 bits per heavy atom. The van der Waals surface area contributed by atoms with E-state index in [4.69, 9.17) is 4.98 Å². The lowest BCUT2D eigenvalue weighted by Gasteiger charge is -2.25. The highest BCUT2D eigenvalue weighted by atomic mass is 15.2. The Labute approximate surface area is 138 Å². The van der Waals surface area contributed by atoms with Crippen LogP contribution in [0.5, 0.6) is 0 Å². The lowest BCUT2D eigenvalue weighted by molar-refractivity contribution is 0.738. The molecule has 0 bridgehead atoms. The molecule has 0 amide bonds. The van der Waals surface area contributed by atoms with Crippen molar-refractivity contribution in [1.29, 1.82) is 0 Å². The van der Waals surface area contributed by atoms with Crippen LogP contribution in [0, 0.1) is 6.92 Å². The largest absolute Gasteiger partial charge is 0.367 e. The Bertz CT molecular complexity index is 706. The van der Waals surface area contributed by atoms with Gasteiger partial charge in [0, 0.05) is 23.8 Å². The standard InChI is InChI=1S/C19H24N4/c1-13-11-15-7-3-6-10-17(15)23(13)19-12-18(20-14(2)21-19)22-16-8-4-5-9-16/h3,6-7,10,12-13,16H,4-5,8-9,11H2,1-2H3,(H,20,21,22). The van der Waals surface area contributed by atoms with E-state index in [1.807, 2.05) is 6.92 Å². The van der Waals surface area contributed by atoms with E-state index in [1.54, 1.807) is 0 Å². The first kappa shape index (κ1) is 14.5. The van der Waals surface area contributed by atoms with Gasteiger partial charge in [0.2, 0.25) is 0 Å². The van der Waals surface area contributed by atoms with Crippen molar-refractivity contribution >= 4 is 17.3 Å². The number of nitrogens with zero attached hydrogens (tertiary/aromatic N) is 3. The Morgan fingerprint density at radius 2 is 1.91 bits per heavy atom. The van der Waals surface area contributed by atoms with Crippen molar-refractivity contribution in [2.75, 3.05) is 10.2 Å². The van der Waals surface area contributed by atoms with Gasteiger partial charge < -0.3 is 10.2 Å². The molecular weight excluding hydrogens is 284 g/mol. The van der Waals surface area contributed by atoms with Crippen molar-refractivity contribution in [2.24, 2.45) is 0 Å². The first-order valence-corrected chi connectivity index (χ1v) is 8.70. The van der Waals surface area contributed by atoms with E-state index >= 15 is 0 Å². The molecule has 4 heteroatoms. The summed E-state index contributed by atoms with van der Waals surface area (Å²) in [5.74, 6) is 2.81. The summed E-state index contributed by atoms with van der Waals surface area (Å²) in [6, 6.07) is 11.8. The molecule has 2 aliphatic rings. The zero-order chi connectivity index (χ0) is 15.8. The third kappa shape index (κ3) is 2.78. The van der Waals surface area contributed by atoms with E-state index in [1.165, 1.54) is 36.9 Å². The van der Waals surface area contributed by atoms with E-state index in [9.17, 15) is 0 Å². The number of benzene rings is 1. The van der Waals surface area contributed by atoms with Gasteiger partial charge in [-0.2, -0.15) is 0 Å². The number of aromatic nitrogens is 2. The number of hydrogen-bond acceptors (Lipinski definition) is 4. The Morgan fingerprint density at radius 1 is 1.13 bits per heavy atom. The quantitative estimate of drug-likeness (QED) is 0.921. The van der Waals surface area contributed by atoms with E-state index in [2.05, 4.69) is 52.5 Å². The molecule has 0 spiro atoms. The highest BCUT2D eigenvalue weighted by Crippen LogP contribution is 2.37. The van der Waals surface area contributed by atoms with Gasteiger partial charge in [0.15, 0.2) is 0 Å². The Balaban J connectivity index is 1.67. The molecule has 1 fully saturated rings. The number of aryl methyl sites for hydroxylation is 1. The minimum absolute atomic E-state index is 0.432. The molecule has 0 saturated heterocycles. The van der Waals surface area contributed by atoms with Crippen LogP contribution in [0.25, 0.3) is 0 Å². The number of fused-ring (bicyclic) bond motifs is 1. The zero-order valence-corrected chi connectivity index (χ0v) is 13.9. The molecule has 1 atom stereocenters. The Kier molecular flexibility index (Phi) is 3.68. The number of para-hydroxylation sites is 1. The summed E-state index contributed by atoms with van der Waals surface area (Å²) in [4.78, 5) is 11.7. The highest BCUT2D eigenvalue weighted by Gasteiger charge is 2.28. The Hall–Kier alpha value is -2.10. The van der Waals surface area contributed by atoms with Crippen LogP contribution in [-0.2, 0) is 6.42 Å². The number of anilines is 3. The maximum absolute atomic E-state index is 4.71. The molecule has 0 radical (unpaired) electrons. The van der Waals surface area contributed by atoms with Gasteiger partial charge in [0.1, 0.15) is 17.5 Å². The molecule has 2 heterocycles. The number of hydrogen-bond donors (Lipinski definition) is 1. The van der Waals surface area contributed by atoms with Crippen molar-refractivity contribution in [1.82, 2.24) is 9.97 Å². The van der Waals surface area contributed by atoms with Crippen LogP contribution in [0.15, 0.2) is 30.3 Å². The SMILES string of the molecule is Cc1nc(NC2CCCC2)cc(N2c3ccccc3CC2C)n1. The molecule has 23 heavy (non-hydrogen) atoms. The van der Waals surface area contributed by atoms with Gasteiger partial charge in [-0.25, -0.2) is 9.97 Å². The van der Waals surface area contributed by atoms with E-state index in [0.717, 1.165) is 23.9 Å². The molecular formula is C19H24N4. The fraction of sp³-hybridized carbons (Fsp3) is 0.474. The predicted molar refractivity (Wildman–Crippen MR) is 94.4 cm³/mol. The zero-order valence-electron chi connectivity index (χ0n) is 13.9. The fourth-order valence-corrected chi connectivity index (χ4v) is 3.94. The third-order valence-corrected chi connectivity index (χ3v) is 4.99. The fourth-order valence-electron chi connectivity index (χ4n) is 3.94. The third-order valence-electron chi connectivity index (χ3n) is 4.99. The summed E-state index contributed by atoms with van der Waals surface area (Å²) < 4.78 is 0. The number of rotatable bonds is 3. The first-order valence-electron chi connectivity index (χ1n) is 8.70. The monoisotopic (exact) mass is 308 g/mol. The molecule has 2 aromatic rings. The van der Waals surface area contributed by atoms with Crippen molar-refractivity contribution in [3.05, 3.63) is 41.7 Å². The van der Waals surface area contributed by atoms with Gasteiger partial charge in [0.05, 0.1) is 0 Å². The smallest absolute Gasteiger partial charge is 0.139 e. The predicted octanol–water partition coefficient (Wildman–Crippen LogP) is 4.22. The molecule has 1 aliphatic heterocycles. The second-order valence-corrected chi connectivity index (χ2v) is 6.84. The molecule has 1 aromatic heterocycles. The summed E-state index contributed by atoms with van der Waals surface area (Å²) in [7, 11) is 0. The summed E-state index contributed by atoms with van der Waals surface area (Å²) in [5, 5.41) is 3.61. The average molecular weight is 308 g/mol. The maximum Gasteiger partial charge on any atom is 0.139 e. The van der Waals surface area contributed by atoms with Gasteiger partial charge in [-0.1, -0.05) is 31.0 Å². The summed E-state index contributed by atoms with van der Waals surface area (Å²) in [6.45, 7) is 4.25. The first-order chi connectivity index (χ1) is 11.2. The van der Waals surface area contributed by atoms with Crippen LogP contribution in [0.1, 0.15) is 44.0 Å². The molecule has 120 valence electrons. The van der Waals surface area contributed by atoms with Gasteiger partial charge >= 0.3 is 0 Å². The lowest BCUT2D eigenvalue weighted by Crippen LogP contribution is -2.25. The molecule has 1 aliphatic carbocycles. The summed E-state index contributed by atoms with van der Waals surface area (Å²) in [5.41, 5.74) is 2.69. The van der Waals surface area contributed by atoms with Crippen LogP contribution >= 0.6 is 0 Å². The molecule has 1 N–H and O–H groups in total. The number of nitrogens with one attached hydrogen (secondary N) is 1. The van der Waals surface area contributed by atoms with E-state index in [-0.39, 0.29) is 0 Å². The minimum Gasteiger partial charge on any atom is -0.367 e. The lowest BCUT2D eigenvalue weighted by atomic mass is 10.1. The normalized spacial score (nSPS) is 20.8. The van der Waals surface area contributed by atoms with Gasteiger partial charge in [0.25, 0.3) is 0 Å². The molecule has 4 rings (SSSR count). The van der Waals surface area contributed by atoms with Crippen molar-refractivity contribution in [2.45, 2.75) is 58.0 Å². The van der Waals surface area contributed by atoms with Crippen molar-refractivity contribution < 1.29 is 0 Å². The van der Waals surface area contributed by atoms with Gasteiger partial charge in [-0.3, -0.25) is 0 Å². The van der Waals surface area contributed by atoms with Crippen LogP contribution in [0.4, 0.5) is 17.3 Å². The minimum atomic E-state index is 0.432. The summed E-state index contributed by atoms with van der Waals surface area (Å²) >= 11 is 0. The second kappa shape index (κ2) is 5.84. The van der Waals surface area contributed by atoms with Gasteiger partial charge in [-0.05, 0) is 44.7 Å². The van der Waals surface area contributed by atoms with Crippen LogP contribution in [0.3, 0.4) is 0 Å². The van der Waals surface area contributed by atoms with E-state index < -0.39 is 0 Å². The topological polar surface area (TPSA) is 41.1 Å². The van der Waals surface area contributed by atoms with E-state index in [0.29, 0.717) is 12.1 Å². The second-order valence-electron chi connectivity index (χ2n) is 6.84. The van der Waals surface area contributed by atoms with Crippen molar-refractivity contribution in [3.8, 4) is 0 Å². The molecule has 1 saturated carbocycles. The summed E-state index contributed by atoms with van der Waals surface area (Å²) in [6.07, 6.45) is 6.23. The average Bonchev–Trinajstić information content (AvgIpc) is 3.12. The molecule has 1 aromatic carbocycles. The molecule has 1 unspecified atom stereocenters. The maximum atomic E-state index is 4.71. The van der Waals surface area contributed by atoms with Crippen molar-refractivity contribution in [3.63, 3.8) is 0 Å². The van der Waals surface area contributed by atoms with Crippen LogP contribution < -0.4 is 10.2 Å². The van der Waals surface area contributed by atoms with Crippen LogP contribution in [0.2, 0.25) is 0 Å².